The van der Waals surface area contributed by atoms with E-state index in [0.29, 0.717) is 19.9 Å². The van der Waals surface area contributed by atoms with Crippen molar-refractivity contribution in [3.05, 3.63) is 40.4 Å². The molecule has 1 fully saturated rings. The number of benzene rings is 1. The summed E-state index contributed by atoms with van der Waals surface area (Å²) in [6.45, 7) is 15.6. The highest BCUT2D eigenvalue weighted by atomic mass is 79.9. The molecular formula is C23H34BrNO4. The molecule has 0 bridgehead atoms. The number of hydrogen-bond donors (Lipinski definition) is 0. The van der Waals surface area contributed by atoms with Crippen LogP contribution in [-0.4, -0.2) is 47.7 Å². The molecule has 29 heavy (non-hydrogen) atoms. The quantitative estimate of drug-likeness (QED) is 0.506. The van der Waals surface area contributed by atoms with Crippen LogP contribution in [0.2, 0.25) is 0 Å². The summed E-state index contributed by atoms with van der Waals surface area (Å²) in [5.41, 5.74) is 1.81. The molecule has 0 aromatic heterocycles. The first-order valence-electron chi connectivity index (χ1n) is 10.0. The zero-order valence-electron chi connectivity index (χ0n) is 18.7. The van der Waals surface area contributed by atoms with Crippen molar-refractivity contribution in [2.75, 3.05) is 19.9 Å². The molecule has 0 N–H and O–H groups in total. The van der Waals surface area contributed by atoms with Gasteiger partial charge in [0.05, 0.1) is 11.2 Å². The smallest absolute Gasteiger partial charge is 0.410 e. The minimum Gasteiger partial charge on any atom is -0.444 e. The van der Waals surface area contributed by atoms with E-state index in [1.54, 1.807) is 4.90 Å². The lowest BCUT2D eigenvalue weighted by Crippen LogP contribution is -2.41. The number of hydrogen-bond acceptors (Lipinski definition) is 4. The van der Waals surface area contributed by atoms with E-state index in [9.17, 15) is 4.79 Å². The highest BCUT2D eigenvalue weighted by Crippen LogP contribution is 2.34. The molecule has 2 aliphatic rings. The summed E-state index contributed by atoms with van der Waals surface area (Å²) < 4.78 is 17.1. The molecule has 0 saturated carbocycles. The SMILES string of the molecule is CC(C)(C)OC(=O)N1CC=C(c2ccc(Br)cc2)CC1.CC1(C)OCOC1(C)C. The predicted molar refractivity (Wildman–Crippen MR) is 120 cm³/mol. The molecule has 0 atom stereocenters. The molecular weight excluding hydrogens is 434 g/mol. The van der Waals surface area contributed by atoms with Gasteiger partial charge in [-0.2, -0.15) is 0 Å². The van der Waals surface area contributed by atoms with Gasteiger partial charge in [-0.1, -0.05) is 34.1 Å². The van der Waals surface area contributed by atoms with Crippen molar-refractivity contribution in [1.29, 1.82) is 0 Å². The van der Waals surface area contributed by atoms with Gasteiger partial charge in [-0.25, -0.2) is 4.79 Å². The van der Waals surface area contributed by atoms with Gasteiger partial charge in [-0.3, -0.25) is 0 Å². The van der Waals surface area contributed by atoms with Gasteiger partial charge in [0.2, 0.25) is 0 Å². The normalized spacial score (nSPS) is 20.4. The van der Waals surface area contributed by atoms with E-state index < -0.39 is 5.60 Å². The average molecular weight is 468 g/mol. The number of halogens is 1. The average Bonchev–Trinajstić information content (AvgIpc) is 2.86. The van der Waals surface area contributed by atoms with Crippen LogP contribution in [0, 0.1) is 0 Å². The summed E-state index contributed by atoms with van der Waals surface area (Å²) in [5, 5.41) is 0. The highest BCUT2D eigenvalue weighted by molar-refractivity contribution is 9.10. The molecule has 0 spiro atoms. The van der Waals surface area contributed by atoms with Gasteiger partial charge in [0.1, 0.15) is 12.4 Å². The Hall–Kier alpha value is -1.37. The van der Waals surface area contributed by atoms with Crippen LogP contribution in [0.5, 0.6) is 0 Å². The van der Waals surface area contributed by atoms with E-state index >= 15 is 0 Å². The lowest BCUT2D eigenvalue weighted by atomic mass is 9.90. The van der Waals surface area contributed by atoms with Gasteiger partial charge in [0, 0.05) is 17.6 Å². The molecule has 1 saturated heterocycles. The maximum absolute atomic E-state index is 12.0. The molecule has 0 aliphatic carbocycles. The lowest BCUT2D eigenvalue weighted by Gasteiger charge is -2.30. The Balaban J connectivity index is 0.000000278. The second-order valence-corrected chi connectivity index (χ2v) is 10.3. The minimum absolute atomic E-state index is 0.132. The summed E-state index contributed by atoms with van der Waals surface area (Å²) in [6, 6.07) is 8.27. The molecule has 0 unspecified atom stereocenters. The fourth-order valence-corrected chi connectivity index (χ4v) is 3.02. The summed E-state index contributed by atoms with van der Waals surface area (Å²) in [6.07, 6.45) is 2.74. The van der Waals surface area contributed by atoms with Crippen molar-refractivity contribution in [3.8, 4) is 0 Å². The van der Waals surface area contributed by atoms with Crippen LogP contribution in [0.3, 0.4) is 0 Å². The summed E-state index contributed by atoms with van der Waals surface area (Å²) in [7, 11) is 0. The maximum Gasteiger partial charge on any atom is 0.410 e. The Kier molecular flexibility index (Phi) is 7.57. The fraction of sp³-hybridized carbons (Fsp3) is 0.609. The van der Waals surface area contributed by atoms with E-state index in [2.05, 4.69) is 34.1 Å². The van der Waals surface area contributed by atoms with Gasteiger partial charge in [-0.05, 0) is 78.2 Å². The summed E-state index contributed by atoms with van der Waals surface area (Å²) in [4.78, 5) is 13.7. The number of rotatable bonds is 1. The van der Waals surface area contributed by atoms with Gasteiger partial charge in [-0.15, -0.1) is 0 Å². The van der Waals surface area contributed by atoms with Crippen LogP contribution in [0.1, 0.15) is 60.5 Å². The van der Waals surface area contributed by atoms with Crippen LogP contribution < -0.4 is 0 Å². The molecule has 1 aromatic rings. The molecule has 5 nitrogen and oxygen atoms in total. The van der Waals surface area contributed by atoms with Crippen LogP contribution in [0.15, 0.2) is 34.8 Å². The van der Waals surface area contributed by atoms with Crippen molar-refractivity contribution in [1.82, 2.24) is 4.90 Å². The van der Waals surface area contributed by atoms with E-state index in [4.69, 9.17) is 14.2 Å². The van der Waals surface area contributed by atoms with Crippen molar-refractivity contribution >= 4 is 27.6 Å². The van der Waals surface area contributed by atoms with Crippen LogP contribution in [0.25, 0.3) is 5.57 Å². The number of carbonyl (C=O) groups excluding carboxylic acids is 1. The van der Waals surface area contributed by atoms with Crippen LogP contribution in [0.4, 0.5) is 4.79 Å². The number of ether oxygens (including phenoxy) is 3. The van der Waals surface area contributed by atoms with Crippen molar-refractivity contribution in [2.45, 2.75) is 71.7 Å². The summed E-state index contributed by atoms with van der Waals surface area (Å²) in [5.74, 6) is 0. The van der Waals surface area contributed by atoms with Crippen LogP contribution in [-0.2, 0) is 14.2 Å². The first-order chi connectivity index (χ1) is 13.3. The van der Waals surface area contributed by atoms with Gasteiger partial charge in [0.25, 0.3) is 0 Å². The third kappa shape index (κ3) is 6.83. The standard InChI is InChI=1S/C16H20BrNO2.C7H14O2/c1-16(2,3)20-15(19)18-10-8-13(9-11-18)12-4-6-14(17)7-5-12;1-6(2)7(3,4)9-5-8-6/h4-8H,9-11H2,1-3H3;5H2,1-4H3. The lowest BCUT2D eigenvalue weighted by molar-refractivity contribution is 0.00578. The summed E-state index contributed by atoms with van der Waals surface area (Å²) >= 11 is 3.44. The largest absolute Gasteiger partial charge is 0.444 e. The molecule has 1 aromatic carbocycles. The molecule has 2 heterocycles. The Morgan fingerprint density at radius 1 is 1.07 bits per heavy atom. The van der Waals surface area contributed by atoms with Crippen molar-refractivity contribution in [2.24, 2.45) is 0 Å². The topological polar surface area (TPSA) is 48.0 Å². The number of carbonyl (C=O) groups is 1. The van der Waals surface area contributed by atoms with Crippen molar-refractivity contribution in [3.63, 3.8) is 0 Å². The fourth-order valence-electron chi connectivity index (χ4n) is 2.76. The van der Waals surface area contributed by atoms with Crippen LogP contribution >= 0.6 is 15.9 Å². The molecule has 3 rings (SSSR count). The third-order valence-corrected chi connectivity index (χ3v) is 5.89. The van der Waals surface area contributed by atoms with E-state index in [1.165, 1.54) is 11.1 Å². The number of nitrogens with zero attached hydrogens (tertiary/aromatic N) is 1. The zero-order chi connectivity index (χ0) is 21.9. The predicted octanol–water partition coefficient (Wildman–Crippen LogP) is 6.02. The van der Waals surface area contributed by atoms with Crippen molar-refractivity contribution < 1.29 is 19.0 Å². The second kappa shape index (κ2) is 9.19. The Labute approximate surface area is 183 Å². The Morgan fingerprint density at radius 3 is 2.00 bits per heavy atom. The second-order valence-electron chi connectivity index (χ2n) is 9.34. The van der Waals surface area contributed by atoms with E-state index in [-0.39, 0.29) is 17.3 Å². The maximum atomic E-state index is 12.0. The highest BCUT2D eigenvalue weighted by Gasteiger charge is 2.44. The molecule has 162 valence electrons. The molecule has 6 heteroatoms. The molecule has 1 amide bonds. The zero-order valence-corrected chi connectivity index (χ0v) is 20.3. The third-order valence-electron chi connectivity index (χ3n) is 5.37. The molecule has 0 radical (unpaired) electrons. The van der Waals surface area contributed by atoms with Gasteiger partial charge < -0.3 is 19.1 Å². The van der Waals surface area contributed by atoms with E-state index in [1.807, 2.05) is 60.6 Å². The van der Waals surface area contributed by atoms with Gasteiger partial charge >= 0.3 is 6.09 Å². The Morgan fingerprint density at radius 2 is 1.62 bits per heavy atom. The number of amides is 1. The minimum atomic E-state index is -0.438. The Bertz CT molecular complexity index is 718. The monoisotopic (exact) mass is 467 g/mol. The van der Waals surface area contributed by atoms with Gasteiger partial charge in [0.15, 0.2) is 0 Å². The first kappa shape index (κ1) is 23.9. The van der Waals surface area contributed by atoms with E-state index in [0.717, 1.165) is 10.9 Å². The first-order valence-corrected chi connectivity index (χ1v) is 10.8. The molecule has 2 aliphatic heterocycles.